The number of hydrogen-bond acceptors (Lipinski definition) is 4. The molecule has 5 nitrogen and oxygen atoms in total. The first-order valence-corrected chi connectivity index (χ1v) is 10.4. The molecule has 1 amide bonds. The minimum absolute atomic E-state index is 0.0154. The Balaban J connectivity index is 2.47. The molecule has 2 atom stereocenters. The number of rotatable bonds is 13. The van der Waals surface area contributed by atoms with Crippen LogP contribution in [0, 0.1) is 0 Å². The van der Waals surface area contributed by atoms with E-state index < -0.39 is 0 Å². The largest absolute Gasteiger partial charge is 0.497 e. The number of carbonyl (C=O) groups excluding carboxylic acids is 1. The third-order valence-electron chi connectivity index (χ3n) is 3.91. The second-order valence-corrected chi connectivity index (χ2v) is 7.41. The predicted molar refractivity (Wildman–Crippen MR) is 113 cm³/mol. The number of allylic oxidation sites excluding steroid dienone is 2. The van der Waals surface area contributed by atoms with Gasteiger partial charge >= 0.3 is 0 Å². The molecule has 0 N–H and O–H groups in total. The van der Waals surface area contributed by atoms with Gasteiger partial charge in [-0.3, -0.25) is 4.79 Å². The van der Waals surface area contributed by atoms with E-state index in [9.17, 15) is 4.79 Å². The van der Waals surface area contributed by atoms with Gasteiger partial charge in [0.15, 0.2) is 0 Å². The maximum atomic E-state index is 11.8. The number of likely N-dealkylation sites (N-methyl/N-ethyl adjacent to an activating group) is 1. The number of amides is 1. The number of methoxy groups -OCH3 is 1. The number of alkyl halides is 2. The van der Waals surface area contributed by atoms with Crippen LogP contribution in [-0.2, 0) is 20.9 Å². The molecular weight excluding hydrogens is 434 g/mol. The van der Waals surface area contributed by atoms with E-state index in [0.717, 1.165) is 16.6 Å². The first kappa shape index (κ1) is 24.0. The zero-order valence-electron chi connectivity index (χ0n) is 16.2. The molecule has 0 radical (unpaired) electrons. The van der Waals surface area contributed by atoms with Gasteiger partial charge in [-0.2, -0.15) is 0 Å². The van der Waals surface area contributed by atoms with Crippen molar-refractivity contribution < 1.29 is 19.0 Å². The molecule has 7 heteroatoms. The minimum Gasteiger partial charge on any atom is -0.497 e. The Bertz CT molecular complexity index is 566. The zero-order valence-corrected chi connectivity index (χ0v) is 18.5. The molecule has 0 saturated heterocycles. The van der Waals surface area contributed by atoms with Gasteiger partial charge in [0.05, 0.1) is 25.2 Å². The number of hydrogen-bond donors (Lipinski definition) is 0. The molecule has 0 aliphatic rings. The number of halogens is 2. The van der Waals surface area contributed by atoms with Gasteiger partial charge in [-0.15, -0.1) is 11.6 Å². The van der Waals surface area contributed by atoms with Crippen molar-refractivity contribution in [1.82, 2.24) is 4.90 Å². The monoisotopic (exact) mass is 461 g/mol. The van der Waals surface area contributed by atoms with E-state index in [2.05, 4.69) is 15.9 Å². The summed E-state index contributed by atoms with van der Waals surface area (Å²) in [5, 5.41) is 0.562. The highest BCUT2D eigenvalue weighted by Gasteiger charge is 2.20. The van der Waals surface area contributed by atoms with Crippen molar-refractivity contribution >= 4 is 33.4 Å². The van der Waals surface area contributed by atoms with Gasteiger partial charge in [-0.05, 0) is 30.5 Å². The lowest BCUT2D eigenvalue weighted by Crippen LogP contribution is -2.33. The van der Waals surface area contributed by atoms with E-state index in [1.54, 1.807) is 21.2 Å². The maximum Gasteiger partial charge on any atom is 0.248 e. The Morgan fingerprint density at radius 2 is 1.96 bits per heavy atom. The smallest absolute Gasteiger partial charge is 0.248 e. The number of carbonyl (C=O) groups is 1. The summed E-state index contributed by atoms with van der Waals surface area (Å²) in [7, 11) is 5.05. The summed E-state index contributed by atoms with van der Waals surface area (Å²) < 4.78 is 16.7. The van der Waals surface area contributed by atoms with E-state index in [4.69, 9.17) is 25.8 Å². The Kier molecular flexibility index (Phi) is 12.4. The normalized spacial score (nSPS) is 13.5. The molecule has 1 rings (SSSR count). The van der Waals surface area contributed by atoms with Gasteiger partial charge in [0, 0.05) is 26.0 Å². The second-order valence-electron chi connectivity index (χ2n) is 6.20. The average molecular weight is 463 g/mol. The van der Waals surface area contributed by atoms with Crippen molar-refractivity contribution in [2.75, 3.05) is 39.7 Å². The molecule has 0 heterocycles. The number of nitrogens with zero attached hydrogens (tertiary/aromatic N) is 1. The lowest BCUT2D eigenvalue weighted by molar-refractivity contribution is -0.136. The molecule has 27 heavy (non-hydrogen) atoms. The molecule has 0 bridgehead atoms. The third-order valence-corrected chi connectivity index (χ3v) is 4.75. The fourth-order valence-electron chi connectivity index (χ4n) is 2.23. The van der Waals surface area contributed by atoms with Gasteiger partial charge < -0.3 is 19.1 Å². The lowest BCUT2D eigenvalue weighted by Gasteiger charge is -2.23. The Morgan fingerprint density at radius 1 is 1.26 bits per heavy atom. The van der Waals surface area contributed by atoms with E-state index in [1.807, 2.05) is 36.4 Å². The first-order chi connectivity index (χ1) is 13.0. The molecule has 0 unspecified atom stereocenters. The summed E-state index contributed by atoms with van der Waals surface area (Å²) in [6, 6.07) is 7.75. The van der Waals surface area contributed by atoms with Gasteiger partial charge in [0.2, 0.25) is 5.91 Å². The summed E-state index contributed by atoms with van der Waals surface area (Å²) in [4.78, 5) is 13.3. The van der Waals surface area contributed by atoms with Gasteiger partial charge in [0.1, 0.15) is 12.4 Å². The van der Waals surface area contributed by atoms with Gasteiger partial charge in [0.25, 0.3) is 0 Å². The molecule has 1 aromatic rings. The molecule has 0 spiro atoms. The van der Waals surface area contributed by atoms with Gasteiger partial charge in [-0.1, -0.05) is 40.2 Å². The van der Waals surface area contributed by atoms with Crippen molar-refractivity contribution in [2.24, 2.45) is 0 Å². The van der Waals surface area contributed by atoms with Crippen LogP contribution in [0.2, 0.25) is 0 Å². The fourth-order valence-corrected chi connectivity index (χ4v) is 2.79. The van der Waals surface area contributed by atoms with Crippen molar-refractivity contribution in [3.05, 3.63) is 42.0 Å². The SMILES string of the molecule is COc1ccc(COCC[C@H](OCC(=O)N(C)C)[C@@H](Cl)C/C=C\CBr)cc1. The van der Waals surface area contributed by atoms with Crippen LogP contribution in [0.5, 0.6) is 5.75 Å². The molecule has 0 aliphatic carbocycles. The van der Waals surface area contributed by atoms with Crippen LogP contribution in [-0.4, -0.2) is 62.0 Å². The second kappa shape index (κ2) is 14.0. The van der Waals surface area contributed by atoms with Crippen LogP contribution in [0.3, 0.4) is 0 Å². The Hall–Kier alpha value is -1.08. The van der Waals surface area contributed by atoms with Crippen LogP contribution >= 0.6 is 27.5 Å². The Labute approximate surface area is 175 Å². The molecule has 0 aliphatic heterocycles. The summed E-state index contributed by atoms with van der Waals surface area (Å²) in [5.41, 5.74) is 1.07. The molecule has 0 aromatic heterocycles. The zero-order chi connectivity index (χ0) is 20.1. The maximum absolute atomic E-state index is 11.8. The summed E-state index contributed by atoms with van der Waals surface area (Å²) in [5.74, 6) is 0.735. The van der Waals surface area contributed by atoms with E-state index in [1.165, 1.54) is 4.90 Å². The Morgan fingerprint density at radius 3 is 2.56 bits per heavy atom. The van der Waals surface area contributed by atoms with Crippen LogP contribution < -0.4 is 4.74 Å². The van der Waals surface area contributed by atoms with Crippen molar-refractivity contribution in [2.45, 2.75) is 30.9 Å². The molecule has 152 valence electrons. The van der Waals surface area contributed by atoms with Crippen LogP contribution in [0.25, 0.3) is 0 Å². The molecule has 1 aromatic carbocycles. The summed E-state index contributed by atoms with van der Waals surface area (Å²) in [6.07, 6.45) is 5.04. The summed E-state index contributed by atoms with van der Waals surface area (Å²) in [6.45, 7) is 1.02. The number of benzene rings is 1. The number of ether oxygens (including phenoxy) is 3. The predicted octanol–water partition coefficient (Wildman–Crippen LogP) is 4.02. The molecule has 0 fully saturated rings. The van der Waals surface area contributed by atoms with Crippen molar-refractivity contribution in [1.29, 1.82) is 0 Å². The standard InChI is InChI=1S/C20H29BrClNO4/c1-23(2)20(24)15-27-19(18(22)6-4-5-12-21)11-13-26-14-16-7-9-17(25-3)10-8-16/h4-5,7-10,18-19H,6,11-15H2,1-3H3/b5-4-/t18-,19-/m0/s1. The fraction of sp³-hybridized carbons (Fsp3) is 0.550. The van der Waals surface area contributed by atoms with Crippen LogP contribution in [0.15, 0.2) is 36.4 Å². The first-order valence-electron chi connectivity index (χ1n) is 8.85. The quantitative estimate of drug-likeness (QED) is 0.252. The van der Waals surface area contributed by atoms with Crippen molar-refractivity contribution in [3.8, 4) is 5.75 Å². The summed E-state index contributed by atoms with van der Waals surface area (Å²) >= 11 is 9.83. The topological polar surface area (TPSA) is 48.0 Å². The lowest BCUT2D eigenvalue weighted by atomic mass is 10.1. The highest BCUT2D eigenvalue weighted by molar-refractivity contribution is 9.09. The highest BCUT2D eigenvalue weighted by Crippen LogP contribution is 2.17. The van der Waals surface area contributed by atoms with Gasteiger partial charge in [-0.25, -0.2) is 0 Å². The third kappa shape index (κ3) is 10.1. The molecular formula is C20H29BrClNO4. The van der Waals surface area contributed by atoms with Crippen LogP contribution in [0.4, 0.5) is 0 Å². The van der Waals surface area contributed by atoms with E-state index >= 15 is 0 Å². The molecule has 0 saturated carbocycles. The van der Waals surface area contributed by atoms with Crippen molar-refractivity contribution in [3.63, 3.8) is 0 Å². The minimum atomic E-state index is -0.258. The highest BCUT2D eigenvalue weighted by atomic mass is 79.9. The average Bonchev–Trinajstić information content (AvgIpc) is 2.67. The van der Waals surface area contributed by atoms with E-state index in [-0.39, 0.29) is 24.0 Å². The van der Waals surface area contributed by atoms with Crippen LogP contribution in [0.1, 0.15) is 18.4 Å². The van der Waals surface area contributed by atoms with E-state index in [0.29, 0.717) is 26.1 Å².